The van der Waals surface area contributed by atoms with Crippen LogP contribution >= 0.6 is 10.7 Å². The minimum atomic E-state index is -3.64. The Labute approximate surface area is 102 Å². The Balaban J connectivity index is 4.08. The Morgan fingerprint density at radius 1 is 1.06 bits per heavy atom. The summed E-state index contributed by atoms with van der Waals surface area (Å²) in [6.07, 6.45) is 0.510. The van der Waals surface area contributed by atoms with Crippen molar-refractivity contribution in [3.8, 4) is 0 Å². The highest BCUT2D eigenvalue weighted by molar-refractivity contribution is 8.13. The van der Waals surface area contributed by atoms with Crippen LogP contribution in [0.4, 0.5) is 0 Å². The maximum absolute atomic E-state index is 11.4. The van der Waals surface area contributed by atoms with E-state index >= 15 is 0 Å². The molecule has 0 amide bonds. The Bertz CT molecular complexity index is 408. The Morgan fingerprint density at radius 2 is 1.56 bits per heavy atom. The van der Waals surface area contributed by atoms with E-state index in [0.717, 1.165) is 0 Å². The van der Waals surface area contributed by atoms with Crippen molar-refractivity contribution >= 4 is 29.8 Å². The summed E-state index contributed by atoms with van der Waals surface area (Å²) >= 11 is 0. The fourth-order valence-electron chi connectivity index (χ4n) is 0.832. The van der Waals surface area contributed by atoms with Crippen LogP contribution in [0.2, 0.25) is 0 Å². The first kappa shape index (κ1) is 16.1. The first-order valence-electron chi connectivity index (χ1n) is 4.81. The maximum Gasteiger partial charge on any atom is 0.233 e. The second-order valence-electron chi connectivity index (χ2n) is 4.77. The molecule has 0 saturated heterocycles. The molecule has 0 fully saturated rings. The monoisotopic (exact) mass is 291 g/mol. The van der Waals surface area contributed by atoms with E-state index in [0.29, 0.717) is 6.42 Å². The third kappa shape index (κ3) is 10.7. The zero-order valence-electron chi connectivity index (χ0n) is 9.66. The number of sulfonamides is 1. The molecule has 0 radical (unpaired) electrons. The zero-order valence-corrected chi connectivity index (χ0v) is 12.0. The van der Waals surface area contributed by atoms with Crippen LogP contribution in [0.25, 0.3) is 0 Å². The van der Waals surface area contributed by atoms with Crippen LogP contribution in [0.5, 0.6) is 0 Å². The molecule has 0 aliphatic rings. The highest BCUT2D eigenvalue weighted by Gasteiger charge is 2.17. The van der Waals surface area contributed by atoms with Gasteiger partial charge in [0.05, 0.1) is 11.5 Å². The van der Waals surface area contributed by atoms with Crippen molar-refractivity contribution in [2.75, 3.05) is 18.1 Å². The van der Waals surface area contributed by atoms with E-state index < -0.39 is 24.8 Å². The lowest BCUT2D eigenvalue weighted by atomic mass is 9.94. The lowest BCUT2D eigenvalue weighted by Gasteiger charge is -2.17. The second kappa shape index (κ2) is 5.66. The Kier molecular flexibility index (Phi) is 5.71. The van der Waals surface area contributed by atoms with Gasteiger partial charge in [-0.2, -0.15) is 0 Å². The van der Waals surface area contributed by atoms with Crippen LogP contribution in [0, 0.1) is 5.41 Å². The van der Waals surface area contributed by atoms with Crippen LogP contribution in [0.1, 0.15) is 27.2 Å². The minimum Gasteiger partial charge on any atom is -0.214 e. The van der Waals surface area contributed by atoms with Gasteiger partial charge in [0.1, 0.15) is 0 Å². The number of hydrogen-bond donors (Lipinski definition) is 1. The second-order valence-corrected chi connectivity index (χ2v) is 9.59. The van der Waals surface area contributed by atoms with Gasteiger partial charge in [0.25, 0.3) is 0 Å². The van der Waals surface area contributed by atoms with Crippen molar-refractivity contribution < 1.29 is 16.8 Å². The minimum absolute atomic E-state index is 0.0150. The smallest absolute Gasteiger partial charge is 0.214 e. The van der Waals surface area contributed by atoms with Gasteiger partial charge in [-0.05, 0) is 11.8 Å². The molecule has 0 rings (SSSR count). The highest BCUT2D eigenvalue weighted by atomic mass is 35.7. The van der Waals surface area contributed by atoms with Crippen molar-refractivity contribution in [2.24, 2.45) is 5.41 Å². The fraction of sp³-hybridized carbons (Fsp3) is 1.00. The average molecular weight is 292 g/mol. The van der Waals surface area contributed by atoms with Crippen LogP contribution < -0.4 is 4.72 Å². The standard InChI is InChI=1S/C8H18ClNO4S2/c1-8(2,3)4-6-16(13,14)10-5-7-15(9,11)12/h10H,4-7H2,1-3H3. The van der Waals surface area contributed by atoms with Crippen molar-refractivity contribution in [3.63, 3.8) is 0 Å². The van der Waals surface area contributed by atoms with Gasteiger partial charge in [0, 0.05) is 17.2 Å². The molecule has 0 heterocycles. The van der Waals surface area contributed by atoms with E-state index in [-0.39, 0.29) is 17.7 Å². The summed E-state index contributed by atoms with van der Waals surface area (Å²) in [6, 6.07) is 0. The summed E-state index contributed by atoms with van der Waals surface area (Å²) in [6.45, 7) is 5.63. The predicted octanol–water partition coefficient (Wildman–Crippen LogP) is 0.911. The van der Waals surface area contributed by atoms with Crippen molar-refractivity contribution in [3.05, 3.63) is 0 Å². The summed E-state index contributed by atoms with van der Waals surface area (Å²) < 4.78 is 46.2. The molecule has 0 aromatic carbocycles. The van der Waals surface area contributed by atoms with Gasteiger partial charge in [0.15, 0.2) is 0 Å². The SMILES string of the molecule is CC(C)(C)CCS(=O)(=O)NCCS(=O)(=O)Cl. The molecule has 16 heavy (non-hydrogen) atoms. The molecule has 0 aromatic rings. The molecule has 0 aromatic heterocycles. The first-order chi connectivity index (χ1) is 6.91. The lowest BCUT2D eigenvalue weighted by Crippen LogP contribution is -2.31. The first-order valence-corrected chi connectivity index (χ1v) is 8.94. The van der Waals surface area contributed by atoms with Crippen molar-refractivity contribution in [2.45, 2.75) is 27.2 Å². The lowest BCUT2D eigenvalue weighted by molar-refractivity contribution is 0.396. The van der Waals surface area contributed by atoms with E-state index in [4.69, 9.17) is 10.7 Å². The van der Waals surface area contributed by atoms with Crippen molar-refractivity contribution in [1.29, 1.82) is 0 Å². The van der Waals surface area contributed by atoms with Crippen LogP contribution in [0.15, 0.2) is 0 Å². The van der Waals surface area contributed by atoms with E-state index in [1.165, 1.54) is 0 Å². The van der Waals surface area contributed by atoms with Crippen LogP contribution in [0.3, 0.4) is 0 Å². The molecule has 5 nitrogen and oxygen atoms in total. The summed E-state index contributed by atoms with van der Waals surface area (Å²) in [5.41, 5.74) is -0.0761. The van der Waals surface area contributed by atoms with Gasteiger partial charge in [-0.3, -0.25) is 0 Å². The number of hydrogen-bond acceptors (Lipinski definition) is 4. The molecule has 98 valence electrons. The van der Waals surface area contributed by atoms with Crippen molar-refractivity contribution in [1.82, 2.24) is 4.72 Å². The van der Waals surface area contributed by atoms with Crippen LogP contribution in [-0.4, -0.2) is 34.9 Å². The largest absolute Gasteiger partial charge is 0.233 e. The number of halogens is 1. The van der Waals surface area contributed by atoms with Gasteiger partial charge in [-0.25, -0.2) is 21.6 Å². The number of nitrogens with one attached hydrogen (secondary N) is 1. The molecule has 1 N–H and O–H groups in total. The summed E-state index contributed by atoms with van der Waals surface area (Å²) in [4.78, 5) is 0. The Morgan fingerprint density at radius 3 is 1.94 bits per heavy atom. The average Bonchev–Trinajstić information content (AvgIpc) is 1.97. The third-order valence-corrected chi connectivity index (χ3v) is 4.33. The maximum atomic E-state index is 11.4. The topological polar surface area (TPSA) is 80.3 Å². The van der Waals surface area contributed by atoms with E-state index in [2.05, 4.69) is 4.72 Å². The molecule has 0 bridgehead atoms. The van der Waals surface area contributed by atoms with Gasteiger partial charge in [0.2, 0.25) is 19.1 Å². The quantitative estimate of drug-likeness (QED) is 0.738. The third-order valence-electron chi connectivity index (χ3n) is 1.79. The molecule has 0 spiro atoms. The summed E-state index contributed by atoms with van der Waals surface area (Å²) in [5.74, 6) is -0.415. The number of rotatable bonds is 6. The van der Waals surface area contributed by atoms with Gasteiger partial charge >= 0.3 is 0 Å². The van der Waals surface area contributed by atoms with Crippen LogP contribution in [-0.2, 0) is 19.1 Å². The van der Waals surface area contributed by atoms with E-state index in [1.807, 2.05) is 20.8 Å². The molecule has 0 aliphatic carbocycles. The fourth-order valence-corrected chi connectivity index (χ4v) is 2.98. The van der Waals surface area contributed by atoms with Gasteiger partial charge in [-0.1, -0.05) is 20.8 Å². The van der Waals surface area contributed by atoms with Gasteiger partial charge < -0.3 is 0 Å². The van der Waals surface area contributed by atoms with E-state index in [1.54, 1.807) is 0 Å². The van der Waals surface area contributed by atoms with Gasteiger partial charge in [-0.15, -0.1) is 0 Å². The Hall–Kier alpha value is 0.150. The zero-order chi connectivity index (χ0) is 13.0. The highest BCUT2D eigenvalue weighted by Crippen LogP contribution is 2.18. The molecule has 0 atom stereocenters. The predicted molar refractivity (Wildman–Crippen MR) is 65.5 cm³/mol. The molecular formula is C8H18ClNO4S2. The van der Waals surface area contributed by atoms with E-state index in [9.17, 15) is 16.8 Å². The molecule has 0 unspecified atom stereocenters. The molecule has 0 aliphatic heterocycles. The summed E-state index contributed by atoms with van der Waals surface area (Å²) in [7, 11) is -2.11. The molecule has 0 saturated carbocycles. The summed E-state index contributed by atoms with van der Waals surface area (Å²) in [5, 5.41) is 0. The molecule has 8 heteroatoms. The molecular weight excluding hydrogens is 274 g/mol. The normalized spacial score (nSPS) is 14.0.